The summed E-state index contributed by atoms with van der Waals surface area (Å²) in [5.41, 5.74) is 3.05. The lowest BCUT2D eigenvalue weighted by molar-refractivity contribution is 0.0946. The molecule has 1 aromatic rings. The molecule has 0 saturated carbocycles. The van der Waals surface area contributed by atoms with Gasteiger partial charge in [0.25, 0.3) is 0 Å². The van der Waals surface area contributed by atoms with Crippen LogP contribution in [0.1, 0.15) is 36.8 Å². The molecule has 2 rings (SSSR count). The Morgan fingerprint density at radius 1 is 1.41 bits per heavy atom. The van der Waals surface area contributed by atoms with Crippen molar-refractivity contribution >= 4 is 0 Å². The Morgan fingerprint density at radius 2 is 2.18 bits per heavy atom. The molecule has 0 bridgehead atoms. The average molecular weight is 233 g/mol. The van der Waals surface area contributed by atoms with Crippen molar-refractivity contribution in [1.82, 2.24) is 5.32 Å². The SMILES string of the molecule is COCC1(C)CC(c2ccccc2C)CCN1. The number of rotatable bonds is 3. The summed E-state index contributed by atoms with van der Waals surface area (Å²) in [6.45, 7) is 6.35. The third-order valence-corrected chi connectivity index (χ3v) is 3.83. The predicted octanol–water partition coefficient (Wildman–Crippen LogP) is 2.87. The maximum Gasteiger partial charge on any atom is 0.0641 e. The van der Waals surface area contributed by atoms with Gasteiger partial charge in [0.15, 0.2) is 0 Å². The molecule has 2 heteroatoms. The van der Waals surface area contributed by atoms with Crippen molar-refractivity contribution in [2.24, 2.45) is 0 Å². The van der Waals surface area contributed by atoms with E-state index in [0.29, 0.717) is 5.92 Å². The summed E-state index contributed by atoms with van der Waals surface area (Å²) in [5.74, 6) is 0.664. The lowest BCUT2D eigenvalue weighted by Gasteiger charge is -2.39. The van der Waals surface area contributed by atoms with E-state index < -0.39 is 0 Å². The van der Waals surface area contributed by atoms with Gasteiger partial charge in [-0.2, -0.15) is 0 Å². The number of hydrogen-bond donors (Lipinski definition) is 1. The van der Waals surface area contributed by atoms with Crippen LogP contribution in [0.5, 0.6) is 0 Å². The summed E-state index contributed by atoms with van der Waals surface area (Å²) < 4.78 is 5.34. The zero-order chi connectivity index (χ0) is 12.3. The predicted molar refractivity (Wildman–Crippen MR) is 71.4 cm³/mol. The Bertz CT molecular complexity index is 373. The van der Waals surface area contributed by atoms with E-state index in [-0.39, 0.29) is 5.54 Å². The highest BCUT2D eigenvalue weighted by atomic mass is 16.5. The van der Waals surface area contributed by atoms with Gasteiger partial charge in [0.05, 0.1) is 6.61 Å². The molecule has 1 aliphatic rings. The second kappa shape index (κ2) is 5.19. The number of hydrogen-bond acceptors (Lipinski definition) is 2. The minimum absolute atomic E-state index is 0.125. The van der Waals surface area contributed by atoms with Crippen LogP contribution < -0.4 is 5.32 Å². The van der Waals surface area contributed by atoms with Crippen LogP contribution in [0.4, 0.5) is 0 Å². The van der Waals surface area contributed by atoms with E-state index in [9.17, 15) is 0 Å². The number of benzene rings is 1. The van der Waals surface area contributed by atoms with Gasteiger partial charge in [-0.3, -0.25) is 0 Å². The molecule has 0 amide bonds. The average Bonchev–Trinajstić information content (AvgIpc) is 2.29. The van der Waals surface area contributed by atoms with Crippen LogP contribution in [0, 0.1) is 6.92 Å². The number of aryl methyl sites for hydroxylation is 1. The topological polar surface area (TPSA) is 21.3 Å². The zero-order valence-corrected chi connectivity index (χ0v) is 11.1. The van der Waals surface area contributed by atoms with Crippen LogP contribution in [0.15, 0.2) is 24.3 Å². The van der Waals surface area contributed by atoms with E-state index in [4.69, 9.17) is 4.74 Å². The van der Waals surface area contributed by atoms with E-state index in [0.717, 1.165) is 19.6 Å². The molecule has 1 aromatic carbocycles. The minimum Gasteiger partial charge on any atom is -0.383 e. The van der Waals surface area contributed by atoms with Crippen LogP contribution in [-0.2, 0) is 4.74 Å². The molecule has 0 spiro atoms. The molecule has 94 valence electrons. The summed E-state index contributed by atoms with van der Waals surface area (Å²) in [6.07, 6.45) is 2.38. The lowest BCUT2D eigenvalue weighted by Crippen LogP contribution is -2.51. The molecular formula is C15H23NO. The molecule has 0 aromatic heterocycles. The molecule has 2 nitrogen and oxygen atoms in total. The largest absolute Gasteiger partial charge is 0.383 e. The van der Waals surface area contributed by atoms with Crippen molar-refractivity contribution in [3.8, 4) is 0 Å². The molecule has 0 aliphatic carbocycles. The van der Waals surface area contributed by atoms with Gasteiger partial charge in [-0.1, -0.05) is 24.3 Å². The van der Waals surface area contributed by atoms with Gasteiger partial charge in [0, 0.05) is 12.6 Å². The minimum atomic E-state index is 0.125. The normalized spacial score (nSPS) is 29.2. The molecule has 1 fully saturated rings. The molecule has 0 radical (unpaired) electrons. The molecule has 2 atom stereocenters. The van der Waals surface area contributed by atoms with E-state index in [2.05, 4.69) is 43.4 Å². The van der Waals surface area contributed by atoms with Crippen LogP contribution in [0.25, 0.3) is 0 Å². The van der Waals surface area contributed by atoms with E-state index >= 15 is 0 Å². The fourth-order valence-corrected chi connectivity index (χ4v) is 3.01. The van der Waals surface area contributed by atoms with Gasteiger partial charge in [-0.15, -0.1) is 0 Å². The number of methoxy groups -OCH3 is 1. The maximum absolute atomic E-state index is 5.34. The third-order valence-electron chi connectivity index (χ3n) is 3.83. The molecule has 2 unspecified atom stereocenters. The standard InChI is InChI=1S/C15H23NO/c1-12-6-4-5-7-14(12)13-8-9-16-15(2,10-13)11-17-3/h4-7,13,16H,8-11H2,1-3H3. The van der Waals surface area contributed by atoms with E-state index in [1.54, 1.807) is 7.11 Å². The summed E-state index contributed by atoms with van der Waals surface area (Å²) in [7, 11) is 1.78. The Kier molecular flexibility index (Phi) is 3.85. The summed E-state index contributed by atoms with van der Waals surface area (Å²) in [4.78, 5) is 0. The lowest BCUT2D eigenvalue weighted by atomic mass is 9.79. The van der Waals surface area contributed by atoms with Crippen LogP contribution in [0.2, 0.25) is 0 Å². The van der Waals surface area contributed by atoms with E-state index in [1.807, 2.05) is 0 Å². The highest BCUT2D eigenvalue weighted by molar-refractivity contribution is 5.30. The molecular weight excluding hydrogens is 210 g/mol. The van der Waals surface area contributed by atoms with Crippen LogP contribution in [0.3, 0.4) is 0 Å². The maximum atomic E-state index is 5.34. The highest BCUT2D eigenvalue weighted by Gasteiger charge is 2.32. The Hall–Kier alpha value is -0.860. The van der Waals surface area contributed by atoms with Crippen LogP contribution >= 0.6 is 0 Å². The third kappa shape index (κ3) is 2.88. The first kappa shape index (κ1) is 12.6. The van der Waals surface area contributed by atoms with Gasteiger partial charge >= 0.3 is 0 Å². The van der Waals surface area contributed by atoms with Crippen molar-refractivity contribution < 1.29 is 4.74 Å². The quantitative estimate of drug-likeness (QED) is 0.867. The van der Waals surface area contributed by atoms with Gasteiger partial charge < -0.3 is 10.1 Å². The number of ether oxygens (including phenoxy) is 1. The highest BCUT2D eigenvalue weighted by Crippen LogP contribution is 2.34. The van der Waals surface area contributed by atoms with Gasteiger partial charge in [-0.05, 0) is 50.3 Å². The van der Waals surface area contributed by atoms with Crippen molar-refractivity contribution in [3.05, 3.63) is 35.4 Å². The Balaban J connectivity index is 2.15. The fraction of sp³-hybridized carbons (Fsp3) is 0.600. The van der Waals surface area contributed by atoms with Crippen LogP contribution in [-0.4, -0.2) is 25.8 Å². The number of piperidine rings is 1. The monoisotopic (exact) mass is 233 g/mol. The first-order chi connectivity index (χ1) is 8.14. The number of nitrogens with one attached hydrogen (secondary N) is 1. The Morgan fingerprint density at radius 3 is 2.88 bits per heavy atom. The van der Waals surface area contributed by atoms with Gasteiger partial charge in [0.2, 0.25) is 0 Å². The first-order valence-electron chi connectivity index (χ1n) is 6.44. The molecule has 1 heterocycles. The van der Waals surface area contributed by atoms with Crippen molar-refractivity contribution in [3.63, 3.8) is 0 Å². The summed E-state index contributed by atoms with van der Waals surface area (Å²) in [5, 5.41) is 3.59. The first-order valence-corrected chi connectivity index (χ1v) is 6.44. The zero-order valence-electron chi connectivity index (χ0n) is 11.1. The molecule has 1 aliphatic heterocycles. The van der Waals surface area contributed by atoms with Crippen molar-refractivity contribution in [2.75, 3.05) is 20.3 Å². The van der Waals surface area contributed by atoms with Gasteiger partial charge in [0.1, 0.15) is 0 Å². The molecule has 1 N–H and O–H groups in total. The summed E-state index contributed by atoms with van der Waals surface area (Å²) in [6, 6.07) is 8.76. The van der Waals surface area contributed by atoms with E-state index in [1.165, 1.54) is 17.5 Å². The fourth-order valence-electron chi connectivity index (χ4n) is 3.01. The Labute approximate surface area is 104 Å². The summed E-state index contributed by atoms with van der Waals surface area (Å²) >= 11 is 0. The smallest absolute Gasteiger partial charge is 0.0641 e. The van der Waals surface area contributed by atoms with Gasteiger partial charge in [-0.25, -0.2) is 0 Å². The van der Waals surface area contributed by atoms with Crippen molar-refractivity contribution in [1.29, 1.82) is 0 Å². The molecule has 1 saturated heterocycles. The molecule has 17 heavy (non-hydrogen) atoms. The second-order valence-electron chi connectivity index (χ2n) is 5.47. The van der Waals surface area contributed by atoms with Crippen molar-refractivity contribution in [2.45, 2.75) is 38.1 Å². The second-order valence-corrected chi connectivity index (χ2v) is 5.47.